The molecule has 3 aromatic carbocycles. The lowest BCUT2D eigenvalue weighted by molar-refractivity contribution is -0.140. The lowest BCUT2D eigenvalue weighted by Gasteiger charge is -2.33. The van der Waals surface area contributed by atoms with Crippen LogP contribution in [0.25, 0.3) is 0 Å². The van der Waals surface area contributed by atoms with Crippen LogP contribution >= 0.6 is 11.6 Å². The number of ether oxygens (including phenoxy) is 1. The maximum Gasteiger partial charge on any atom is 0.244 e. The van der Waals surface area contributed by atoms with Crippen LogP contribution in [0.1, 0.15) is 30.5 Å². The first-order chi connectivity index (χ1) is 19.4. The van der Waals surface area contributed by atoms with E-state index < -0.39 is 28.5 Å². The second kappa shape index (κ2) is 14.4. The van der Waals surface area contributed by atoms with Crippen LogP contribution in [-0.4, -0.2) is 57.6 Å². The molecule has 41 heavy (non-hydrogen) atoms. The van der Waals surface area contributed by atoms with E-state index in [1.54, 1.807) is 6.07 Å². The van der Waals surface area contributed by atoms with Crippen LogP contribution in [0.15, 0.2) is 72.8 Å². The van der Waals surface area contributed by atoms with Crippen LogP contribution in [0.4, 0.5) is 5.69 Å². The summed E-state index contributed by atoms with van der Waals surface area (Å²) in [7, 11) is -2.44. The van der Waals surface area contributed by atoms with E-state index in [1.807, 2.05) is 75.4 Å². The highest BCUT2D eigenvalue weighted by Gasteiger charge is 2.33. The van der Waals surface area contributed by atoms with Crippen molar-refractivity contribution in [2.24, 2.45) is 5.92 Å². The van der Waals surface area contributed by atoms with Gasteiger partial charge in [-0.05, 0) is 42.2 Å². The molecule has 1 atom stereocenters. The fourth-order valence-corrected chi connectivity index (χ4v) is 5.38. The van der Waals surface area contributed by atoms with E-state index in [4.69, 9.17) is 16.3 Å². The third-order valence-electron chi connectivity index (χ3n) is 6.53. The predicted octanol–water partition coefficient (Wildman–Crippen LogP) is 4.84. The first-order valence-electron chi connectivity index (χ1n) is 13.4. The average Bonchev–Trinajstić information content (AvgIpc) is 2.93. The van der Waals surface area contributed by atoms with Gasteiger partial charge in [-0.15, -0.1) is 0 Å². The van der Waals surface area contributed by atoms with Gasteiger partial charge in [0.25, 0.3) is 0 Å². The first-order valence-corrected chi connectivity index (χ1v) is 15.6. The number of anilines is 1. The minimum Gasteiger partial charge on any atom is -0.495 e. The molecule has 220 valence electrons. The van der Waals surface area contributed by atoms with Crippen LogP contribution < -0.4 is 14.4 Å². The normalized spacial score (nSPS) is 12.1. The number of carbonyl (C=O) groups excluding carboxylic acids is 2. The summed E-state index contributed by atoms with van der Waals surface area (Å²) < 4.78 is 32.0. The molecule has 1 N–H and O–H groups in total. The molecule has 0 radical (unpaired) electrons. The zero-order valence-electron chi connectivity index (χ0n) is 24.1. The maximum atomic E-state index is 14.1. The molecule has 0 bridgehead atoms. The molecular formula is C31H38ClN3O5S. The van der Waals surface area contributed by atoms with Gasteiger partial charge in [0.05, 0.1) is 24.1 Å². The molecule has 0 fully saturated rings. The predicted molar refractivity (Wildman–Crippen MR) is 164 cm³/mol. The van der Waals surface area contributed by atoms with Crippen LogP contribution in [0.3, 0.4) is 0 Å². The molecule has 0 saturated carbocycles. The summed E-state index contributed by atoms with van der Waals surface area (Å²) in [6.45, 7) is 5.99. The molecule has 0 aliphatic heterocycles. The van der Waals surface area contributed by atoms with Crippen molar-refractivity contribution < 1.29 is 22.7 Å². The van der Waals surface area contributed by atoms with Crippen molar-refractivity contribution in [3.8, 4) is 5.75 Å². The quantitative estimate of drug-likeness (QED) is 0.303. The molecule has 0 aliphatic rings. The molecule has 2 amide bonds. The zero-order valence-corrected chi connectivity index (χ0v) is 25.7. The smallest absolute Gasteiger partial charge is 0.244 e. The standard InChI is InChI=1S/C31H38ClN3O5S/c1-22(2)19-33-31(37)28(17-24-9-7-6-8-10-24)34(20-25-13-11-23(3)12-14-25)30(36)21-35(41(5,38)39)26-15-16-29(40-4)27(32)18-26/h6-16,18,22,28H,17,19-21H2,1-5H3,(H,33,37)/t28-/m0/s1. The van der Waals surface area contributed by atoms with Crippen molar-refractivity contribution in [1.82, 2.24) is 10.2 Å². The monoisotopic (exact) mass is 599 g/mol. The van der Waals surface area contributed by atoms with Gasteiger partial charge in [0, 0.05) is 19.5 Å². The summed E-state index contributed by atoms with van der Waals surface area (Å²) in [5.74, 6) is -0.246. The summed E-state index contributed by atoms with van der Waals surface area (Å²) in [6, 6.07) is 20.7. The number of halogens is 1. The number of nitrogens with one attached hydrogen (secondary N) is 1. The van der Waals surface area contributed by atoms with Gasteiger partial charge >= 0.3 is 0 Å². The summed E-state index contributed by atoms with van der Waals surface area (Å²) >= 11 is 6.29. The number of sulfonamides is 1. The minimum absolute atomic E-state index is 0.118. The zero-order chi connectivity index (χ0) is 30.2. The Bertz CT molecular complexity index is 1430. The number of hydrogen-bond acceptors (Lipinski definition) is 5. The van der Waals surface area contributed by atoms with Crippen molar-refractivity contribution in [3.63, 3.8) is 0 Å². The first kappa shape index (κ1) is 32.0. The van der Waals surface area contributed by atoms with E-state index in [9.17, 15) is 18.0 Å². The fraction of sp³-hybridized carbons (Fsp3) is 0.355. The number of carbonyl (C=O) groups is 2. The van der Waals surface area contributed by atoms with Gasteiger partial charge in [-0.25, -0.2) is 8.42 Å². The van der Waals surface area contributed by atoms with Gasteiger partial charge in [-0.2, -0.15) is 0 Å². The lowest BCUT2D eigenvalue weighted by Crippen LogP contribution is -2.53. The van der Waals surface area contributed by atoms with Crippen molar-refractivity contribution in [1.29, 1.82) is 0 Å². The van der Waals surface area contributed by atoms with E-state index in [0.29, 0.717) is 12.3 Å². The van der Waals surface area contributed by atoms with Crippen LogP contribution in [0, 0.1) is 12.8 Å². The Hall–Kier alpha value is -3.56. The van der Waals surface area contributed by atoms with Crippen molar-refractivity contribution in [3.05, 3.63) is 94.5 Å². The Labute approximate surface area is 248 Å². The van der Waals surface area contributed by atoms with Crippen molar-refractivity contribution in [2.75, 3.05) is 30.8 Å². The number of rotatable bonds is 13. The second-order valence-electron chi connectivity index (χ2n) is 10.4. The average molecular weight is 600 g/mol. The number of hydrogen-bond donors (Lipinski definition) is 1. The summed E-state index contributed by atoms with van der Waals surface area (Å²) in [4.78, 5) is 29.2. The molecule has 0 aliphatic carbocycles. The molecule has 8 nitrogen and oxygen atoms in total. The lowest BCUT2D eigenvalue weighted by atomic mass is 10.0. The van der Waals surface area contributed by atoms with Crippen LogP contribution in [0.2, 0.25) is 5.02 Å². The maximum absolute atomic E-state index is 14.1. The summed E-state index contributed by atoms with van der Waals surface area (Å²) in [5.41, 5.74) is 2.96. The summed E-state index contributed by atoms with van der Waals surface area (Å²) in [6.07, 6.45) is 1.29. The van der Waals surface area contributed by atoms with E-state index in [1.165, 1.54) is 24.1 Å². The third kappa shape index (κ3) is 9.23. The van der Waals surface area contributed by atoms with E-state index in [2.05, 4.69) is 5.32 Å². The molecule has 0 saturated heterocycles. The Morgan fingerprint density at radius 3 is 2.20 bits per heavy atom. The van der Waals surface area contributed by atoms with E-state index >= 15 is 0 Å². The molecule has 0 heterocycles. The molecule has 0 aromatic heterocycles. The molecule has 0 spiro atoms. The number of benzene rings is 3. The second-order valence-corrected chi connectivity index (χ2v) is 12.8. The van der Waals surface area contributed by atoms with Crippen molar-refractivity contribution in [2.45, 2.75) is 39.8 Å². The molecular weight excluding hydrogens is 562 g/mol. The highest BCUT2D eigenvalue weighted by atomic mass is 35.5. The Morgan fingerprint density at radius 1 is 0.976 bits per heavy atom. The minimum atomic E-state index is -3.90. The van der Waals surface area contributed by atoms with E-state index in [-0.39, 0.29) is 35.5 Å². The van der Waals surface area contributed by atoms with Gasteiger partial charge in [-0.3, -0.25) is 13.9 Å². The fourth-order valence-electron chi connectivity index (χ4n) is 4.29. The topological polar surface area (TPSA) is 96.0 Å². The number of methoxy groups -OCH3 is 1. The molecule has 10 heteroatoms. The SMILES string of the molecule is COc1ccc(N(CC(=O)N(Cc2ccc(C)cc2)[C@@H](Cc2ccccc2)C(=O)NCC(C)C)S(C)(=O)=O)cc1Cl. The summed E-state index contributed by atoms with van der Waals surface area (Å²) in [5, 5.41) is 3.18. The van der Waals surface area contributed by atoms with Gasteiger partial charge in [0.2, 0.25) is 21.8 Å². The Morgan fingerprint density at radius 2 is 1.63 bits per heavy atom. The highest BCUT2D eigenvalue weighted by Crippen LogP contribution is 2.30. The Kier molecular flexibility index (Phi) is 11.2. The van der Waals surface area contributed by atoms with Gasteiger partial charge in [0.1, 0.15) is 18.3 Å². The van der Waals surface area contributed by atoms with Crippen LogP contribution in [0.5, 0.6) is 5.75 Å². The van der Waals surface area contributed by atoms with Gasteiger partial charge < -0.3 is 15.0 Å². The number of amides is 2. The Balaban J connectivity index is 2.05. The molecule has 3 aromatic rings. The number of nitrogens with zero attached hydrogens (tertiary/aromatic N) is 2. The highest BCUT2D eigenvalue weighted by molar-refractivity contribution is 7.92. The number of aryl methyl sites for hydroxylation is 1. The molecule has 0 unspecified atom stereocenters. The van der Waals surface area contributed by atoms with Crippen LogP contribution in [-0.2, 0) is 32.6 Å². The largest absolute Gasteiger partial charge is 0.495 e. The van der Waals surface area contributed by atoms with Gasteiger partial charge in [-0.1, -0.05) is 85.6 Å². The third-order valence-corrected chi connectivity index (χ3v) is 7.97. The molecule has 3 rings (SSSR count). The van der Waals surface area contributed by atoms with E-state index in [0.717, 1.165) is 27.3 Å². The van der Waals surface area contributed by atoms with Crippen molar-refractivity contribution >= 4 is 39.1 Å². The van der Waals surface area contributed by atoms with Gasteiger partial charge in [0.15, 0.2) is 0 Å².